The fraction of sp³-hybridized carbons (Fsp3) is 0.200. The van der Waals surface area contributed by atoms with Crippen molar-refractivity contribution in [3.8, 4) is 0 Å². The predicted octanol–water partition coefficient (Wildman–Crippen LogP) is 0.994. The van der Waals surface area contributed by atoms with E-state index in [0.29, 0.717) is 4.88 Å². The highest BCUT2D eigenvalue weighted by atomic mass is 32.1. The van der Waals surface area contributed by atoms with Gasteiger partial charge in [0.2, 0.25) is 5.78 Å². The molecule has 1 heterocycles. The van der Waals surface area contributed by atoms with E-state index >= 15 is 0 Å². The maximum absolute atomic E-state index is 12.4. The Morgan fingerprint density at radius 2 is 1.91 bits per heavy atom. The second-order valence-corrected chi connectivity index (χ2v) is 5.38. The average molecular weight is 321 g/mol. The molecule has 22 heavy (non-hydrogen) atoms. The lowest BCUT2D eigenvalue weighted by atomic mass is 10.0. The number of aliphatic hydroxyl groups excluding tert-OH is 2. The van der Waals surface area contributed by atoms with Crippen LogP contribution >= 0.6 is 11.3 Å². The maximum Gasteiger partial charge on any atom is 0.275 e. The summed E-state index contributed by atoms with van der Waals surface area (Å²) >= 11 is 1.30. The van der Waals surface area contributed by atoms with E-state index in [9.17, 15) is 9.59 Å². The molecule has 0 aliphatic carbocycles. The molecule has 2 rings (SSSR count). The number of thiophene rings is 1. The van der Waals surface area contributed by atoms with E-state index < -0.39 is 18.6 Å². The quantitative estimate of drug-likeness (QED) is 0.522. The Morgan fingerprint density at radius 3 is 2.55 bits per heavy atom. The van der Waals surface area contributed by atoms with Gasteiger partial charge in [-0.05, 0) is 17.5 Å². The van der Waals surface area contributed by atoms with Gasteiger partial charge >= 0.3 is 0 Å². The van der Waals surface area contributed by atoms with Gasteiger partial charge in [-0.25, -0.2) is 5.48 Å². The highest BCUT2D eigenvalue weighted by molar-refractivity contribution is 7.12. The molecule has 1 atom stereocenters. The number of amides is 1. The van der Waals surface area contributed by atoms with Crippen LogP contribution < -0.4 is 5.48 Å². The van der Waals surface area contributed by atoms with Crippen LogP contribution in [-0.2, 0) is 4.84 Å². The van der Waals surface area contributed by atoms with Gasteiger partial charge in [0.1, 0.15) is 12.7 Å². The van der Waals surface area contributed by atoms with E-state index in [-0.39, 0.29) is 23.5 Å². The predicted molar refractivity (Wildman–Crippen MR) is 80.7 cm³/mol. The number of carbonyl (C=O) groups excluding carboxylic acids is 2. The van der Waals surface area contributed by atoms with Crippen LogP contribution in [0.3, 0.4) is 0 Å². The van der Waals surface area contributed by atoms with Gasteiger partial charge in [-0.15, -0.1) is 11.3 Å². The molecule has 0 saturated carbocycles. The topological polar surface area (TPSA) is 95.9 Å². The molecule has 3 N–H and O–H groups in total. The van der Waals surface area contributed by atoms with E-state index in [4.69, 9.17) is 15.1 Å². The fourth-order valence-corrected chi connectivity index (χ4v) is 2.41. The van der Waals surface area contributed by atoms with Gasteiger partial charge in [-0.1, -0.05) is 24.3 Å². The lowest BCUT2D eigenvalue weighted by Crippen LogP contribution is -2.30. The summed E-state index contributed by atoms with van der Waals surface area (Å²) in [5.74, 6) is -0.832. The Labute approximate surface area is 130 Å². The molecular weight excluding hydrogens is 306 g/mol. The Hall–Kier alpha value is -2.06. The normalized spacial score (nSPS) is 11.9. The van der Waals surface area contributed by atoms with Gasteiger partial charge in [-0.3, -0.25) is 14.4 Å². The fourth-order valence-electron chi connectivity index (χ4n) is 1.73. The first kappa shape index (κ1) is 16.3. The molecule has 0 radical (unpaired) electrons. The molecule has 0 aliphatic heterocycles. The second kappa shape index (κ2) is 7.81. The van der Waals surface area contributed by atoms with Crippen LogP contribution in [0.2, 0.25) is 0 Å². The molecule has 116 valence electrons. The number of hydrogen-bond acceptors (Lipinski definition) is 6. The van der Waals surface area contributed by atoms with Crippen molar-refractivity contribution in [3.05, 3.63) is 57.8 Å². The van der Waals surface area contributed by atoms with Gasteiger partial charge in [0.25, 0.3) is 5.91 Å². The minimum absolute atomic E-state index is 0.180. The van der Waals surface area contributed by atoms with Gasteiger partial charge in [0, 0.05) is 5.56 Å². The van der Waals surface area contributed by atoms with Gasteiger partial charge in [-0.2, -0.15) is 0 Å². The number of carbonyl (C=O) groups is 2. The van der Waals surface area contributed by atoms with E-state index in [0.717, 1.165) is 0 Å². The first-order chi connectivity index (χ1) is 10.6. The second-order valence-electron chi connectivity index (χ2n) is 4.43. The Kier molecular flexibility index (Phi) is 5.79. The van der Waals surface area contributed by atoms with Crippen LogP contribution in [0.4, 0.5) is 0 Å². The van der Waals surface area contributed by atoms with Crippen LogP contribution in [0.5, 0.6) is 0 Å². The Bertz CT molecular complexity index is 641. The number of rotatable bonds is 7. The molecule has 2 aromatic rings. The van der Waals surface area contributed by atoms with E-state index in [1.54, 1.807) is 35.7 Å². The highest BCUT2D eigenvalue weighted by Gasteiger charge is 2.18. The number of hydroxylamine groups is 1. The first-order valence-electron chi connectivity index (χ1n) is 6.51. The van der Waals surface area contributed by atoms with E-state index in [1.807, 2.05) is 0 Å². The van der Waals surface area contributed by atoms with Crippen molar-refractivity contribution < 1.29 is 24.6 Å². The first-order valence-corrected chi connectivity index (χ1v) is 7.39. The zero-order valence-electron chi connectivity index (χ0n) is 11.6. The molecule has 0 fully saturated rings. The highest BCUT2D eigenvalue weighted by Crippen LogP contribution is 2.18. The Balaban J connectivity index is 2.11. The summed E-state index contributed by atoms with van der Waals surface area (Å²) in [6.45, 7) is -0.716. The number of ketones is 1. The summed E-state index contributed by atoms with van der Waals surface area (Å²) < 4.78 is 0. The van der Waals surface area contributed by atoms with Crippen molar-refractivity contribution in [2.75, 3.05) is 13.2 Å². The molecule has 7 heteroatoms. The van der Waals surface area contributed by atoms with Gasteiger partial charge < -0.3 is 10.2 Å². The molecule has 1 aromatic heterocycles. The minimum Gasteiger partial charge on any atom is -0.394 e. The monoisotopic (exact) mass is 321 g/mol. The summed E-state index contributed by atoms with van der Waals surface area (Å²) in [4.78, 5) is 29.8. The third-order valence-corrected chi connectivity index (χ3v) is 3.68. The molecule has 0 aliphatic rings. The molecule has 1 unspecified atom stereocenters. The van der Waals surface area contributed by atoms with Crippen molar-refractivity contribution in [1.29, 1.82) is 0 Å². The number of nitrogens with one attached hydrogen (secondary N) is 1. The summed E-state index contributed by atoms with van der Waals surface area (Å²) in [6, 6.07) is 9.86. The summed E-state index contributed by atoms with van der Waals surface area (Å²) in [6.07, 6.45) is -1.08. The Morgan fingerprint density at radius 1 is 1.18 bits per heavy atom. The van der Waals surface area contributed by atoms with E-state index in [1.165, 1.54) is 17.4 Å². The van der Waals surface area contributed by atoms with Crippen LogP contribution in [0, 0.1) is 0 Å². The molecule has 0 spiro atoms. The van der Waals surface area contributed by atoms with Crippen LogP contribution in [-0.4, -0.2) is 41.2 Å². The number of hydrogen-bond donors (Lipinski definition) is 3. The number of aliphatic hydroxyl groups is 2. The van der Waals surface area contributed by atoms with Crippen LogP contribution in [0.1, 0.15) is 25.6 Å². The summed E-state index contributed by atoms with van der Waals surface area (Å²) in [5.41, 5.74) is 2.60. The van der Waals surface area contributed by atoms with Crippen molar-refractivity contribution in [2.45, 2.75) is 6.10 Å². The molecular formula is C15H15NO5S. The standard InChI is InChI=1S/C15H15NO5S/c17-8-10(18)9-21-16-15(20)12-5-2-1-4-11(12)14(19)13-6-3-7-22-13/h1-7,10,17-18H,8-9H2,(H,16,20). The number of benzene rings is 1. The van der Waals surface area contributed by atoms with Crippen molar-refractivity contribution in [1.82, 2.24) is 5.48 Å². The largest absolute Gasteiger partial charge is 0.394 e. The summed E-state index contributed by atoms with van der Waals surface area (Å²) in [5, 5.41) is 19.6. The smallest absolute Gasteiger partial charge is 0.275 e. The zero-order chi connectivity index (χ0) is 15.9. The molecule has 6 nitrogen and oxygen atoms in total. The molecule has 1 aromatic carbocycles. The van der Waals surface area contributed by atoms with Crippen molar-refractivity contribution >= 4 is 23.0 Å². The van der Waals surface area contributed by atoms with Gasteiger partial charge in [0.15, 0.2) is 0 Å². The SMILES string of the molecule is O=C(NOCC(O)CO)c1ccccc1C(=O)c1cccs1. The zero-order valence-corrected chi connectivity index (χ0v) is 12.4. The van der Waals surface area contributed by atoms with Crippen molar-refractivity contribution in [2.24, 2.45) is 0 Å². The maximum atomic E-state index is 12.4. The lowest BCUT2D eigenvalue weighted by Gasteiger charge is -2.11. The lowest BCUT2D eigenvalue weighted by molar-refractivity contribution is -0.0295. The third kappa shape index (κ3) is 3.99. The minimum atomic E-state index is -1.08. The molecule has 1 amide bonds. The molecule has 0 bridgehead atoms. The molecule has 0 saturated heterocycles. The van der Waals surface area contributed by atoms with Gasteiger partial charge in [0.05, 0.1) is 17.0 Å². The average Bonchev–Trinajstić information content (AvgIpc) is 3.08. The third-order valence-electron chi connectivity index (χ3n) is 2.81. The summed E-state index contributed by atoms with van der Waals surface area (Å²) in [7, 11) is 0. The van der Waals surface area contributed by atoms with Crippen LogP contribution in [0.15, 0.2) is 41.8 Å². The van der Waals surface area contributed by atoms with Crippen LogP contribution in [0.25, 0.3) is 0 Å². The van der Waals surface area contributed by atoms with E-state index in [2.05, 4.69) is 5.48 Å². The van der Waals surface area contributed by atoms with Crippen molar-refractivity contribution in [3.63, 3.8) is 0 Å².